The zero-order valence-corrected chi connectivity index (χ0v) is 13.2. The van der Waals surface area contributed by atoms with Crippen LogP contribution in [0.2, 0.25) is 0 Å². The lowest BCUT2D eigenvalue weighted by molar-refractivity contribution is -0.00616. The molecule has 0 atom stereocenters. The number of rotatable bonds is 3. The van der Waals surface area contributed by atoms with E-state index in [9.17, 15) is 4.79 Å². The smallest absolute Gasteiger partial charge is 0.252 e. The summed E-state index contributed by atoms with van der Waals surface area (Å²) in [5, 5.41) is -0.412. The number of ether oxygens (including phenoxy) is 1. The van der Waals surface area contributed by atoms with Crippen LogP contribution in [0.4, 0.5) is 0 Å². The van der Waals surface area contributed by atoms with Crippen molar-refractivity contribution in [2.75, 3.05) is 7.11 Å². The molecular weight excluding hydrogens is 284 g/mol. The molecule has 4 fully saturated rings. The molecule has 0 radical (unpaired) electrons. The van der Waals surface area contributed by atoms with Crippen molar-refractivity contribution < 1.29 is 9.53 Å². The first-order chi connectivity index (χ1) is 10.1. The van der Waals surface area contributed by atoms with Crippen molar-refractivity contribution in [1.82, 2.24) is 0 Å². The Balaban J connectivity index is 1.77. The summed E-state index contributed by atoms with van der Waals surface area (Å²) >= 11 is 5.61. The van der Waals surface area contributed by atoms with Gasteiger partial charge in [0.15, 0.2) is 0 Å². The van der Waals surface area contributed by atoms with Gasteiger partial charge in [0, 0.05) is 11.1 Å². The van der Waals surface area contributed by atoms with Crippen LogP contribution in [0.5, 0.6) is 5.75 Å². The highest BCUT2D eigenvalue weighted by molar-refractivity contribution is 6.67. The summed E-state index contributed by atoms with van der Waals surface area (Å²) in [6.07, 6.45) is 8.18. The van der Waals surface area contributed by atoms with Crippen LogP contribution >= 0.6 is 11.6 Å². The zero-order valence-electron chi connectivity index (χ0n) is 12.4. The topological polar surface area (TPSA) is 26.3 Å². The van der Waals surface area contributed by atoms with E-state index in [1.165, 1.54) is 44.1 Å². The molecule has 1 aromatic carbocycles. The Morgan fingerprint density at radius 3 is 2.19 bits per heavy atom. The van der Waals surface area contributed by atoms with Gasteiger partial charge in [0.05, 0.1) is 7.11 Å². The summed E-state index contributed by atoms with van der Waals surface area (Å²) in [5.74, 6) is 3.55. The Morgan fingerprint density at radius 2 is 1.71 bits per heavy atom. The Bertz CT molecular complexity index is 558. The maximum atomic E-state index is 11.4. The predicted molar refractivity (Wildman–Crippen MR) is 83.0 cm³/mol. The van der Waals surface area contributed by atoms with Crippen molar-refractivity contribution in [3.05, 3.63) is 29.3 Å². The van der Waals surface area contributed by atoms with Gasteiger partial charge in [-0.2, -0.15) is 0 Å². The third kappa shape index (κ3) is 2.11. The molecule has 0 aromatic heterocycles. The minimum atomic E-state index is -0.412. The van der Waals surface area contributed by atoms with Crippen LogP contribution in [-0.2, 0) is 5.41 Å². The molecule has 0 unspecified atom stereocenters. The summed E-state index contributed by atoms with van der Waals surface area (Å²) in [6.45, 7) is 0. The Hall–Kier alpha value is -1.02. The maximum absolute atomic E-state index is 11.4. The second kappa shape index (κ2) is 4.74. The molecule has 5 rings (SSSR count). The van der Waals surface area contributed by atoms with Crippen molar-refractivity contribution >= 4 is 16.8 Å². The highest BCUT2D eigenvalue weighted by Gasteiger charge is 2.52. The minimum absolute atomic E-state index is 0.286. The van der Waals surface area contributed by atoms with Gasteiger partial charge in [0.1, 0.15) is 5.75 Å². The van der Waals surface area contributed by atoms with Gasteiger partial charge < -0.3 is 4.74 Å². The summed E-state index contributed by atoms with van der Waals surface area (Å²) in [4.78, 5) is 11.4. The summed E-state index contributed by atoms with van der Waals surface area (Å²) in [6, 6.07) is 5.79. The van der Waals surface area contributed by atoms with Crippen LogP contribution in [-0.4, -0.2) is 12.4 Å². The van der Waals surface area contributed by atoms with E-state index in [-0.39, 0.29) is 5.41 Å². The second-order valence-electron chi connectivity index (χ2n) is 7.39. The van der Waals surface area contributed by atoms with E-state index in [1.807, 2.05) is 12.1 Å². The highest BCUT2D eigenvalue weighted by Crippen LogP contribution is 2.61. The molecule has 2 nitrogen and oxygen atoms in total. The van der Waals surface area contributed by atoms with Crippen molar-refractivity contribution in [2.24, 2.45) is 17.8 Å². The van der Waals surface area contributed by atoms with Gasteiger partial charge in [-0.15, -0.1) is 0 Å². The first-order valence-corrected chi connectivity index (χ1v) is 8.36. The SMILES string of the molecule is COc1cc(C(=O)Cl)ccc1C12CC3CC(CC(C3)C1)C2. The van der Waals surface area contributed by atoms with E-state index >= 15 is 0 Å². The molecule has 4 saturated carbocycles. The Morgan fingerprint density at radius 1 is 1.14 bits per heavy atom. The Kier molecular flexibility index (Phi) is 3.08. The van der Waals surface area contributed by atoms with Gasteiger partial charge in [-0.1, -0.05) is 6.07 Å². The fraction of sp³-hybridized carbons (Fsp3) is 0.611. The van der Waals surface area contributed by atoms with Crippen LogP contribution in [0.15, 0.2) is 18.2 Å². The van der Waals surface area contributed by atoms with Gasteiger partial charge in [0.25, 0.3) is 5.24 Å². The first-order valence-electron chi connectivity index (χ1n) is 7.98. The van der Waals surface area contributed by atoms with Crippen LogP contribution in [0.25, 0.3) is 0 Å². The van der Waals surface area contributed by atoms with Crippen LogP contribution < -0.4 is 4.74 Å². The molecular formula is C18H21ClO2. The largest absolute Gasteiger partial charge is 0.496 e. The van der Waals surface area contributed by atoms with E-state index in [2.05, 4.69) is 6.07 Å². The zero-order chi connectivity index (χ0) is 14.6. The first kappa shape index (κ1) is 13.6. The van der Waals surface area contributed by atoms with Crippen LogP contribution in [0.1, 0.15) is 54.4 Å². The molecule has 0 spiro atoms. The summed E-state index contributed by atoms with van der Waals surface area (Å²) < 4.78 is 5.61. The fourth-order valence-corrected chi connectivity index (χ4v) is 5.81. The number of hydrogen-bond acceptors (Lipinski definition) is 2. The average molecular weight is 305 g/mol. The van der Waals surface area contributed by atoms with E-state index in [0.717, 1.165) is 23.5 Å². The maximum Gasteiger partial charge on any atom is 0.252 e. The molecule has 0 N–H and O–H groups in total. The molecule has 0 aliphatic heterocycles. The van der Waals surface area contributed by atoms with E-state index in [0.29, 0.717) is 5.56 Å². The van der Waals surface area contributed by atoms with E-state index in [4.69, 9.17) is 16.3 Å². The number of methoxy groups -OCH3 is 1. The number of carbonyl (C=O) groups is 1. The monoisotopic (exact) mass is 304 g/mol. The third-order valence-corrected chi connectivity index (χ3v) is 6.26. The van der Waals surface area contributed by atoms with Crippen molar-refractivity contribution in [2.45, 2.75) is 43.9 Å². The van der Waals surface area contributed by atoms with E-state index < -0.39 is 5.24 Å². The van der Waals surface area contributed by atoms with Crippen LogP contribution in [0, 0.1) is 17.8 Å². The number of hydrogen-bond donors (Lipinski definition) is 0. The quantitative estimate of drug-likeness (QED) is 0.766. The molecule has 0 saturated heterocycles. The van der Waals surface area contributed by atoms with Crippen molar-refractivity contribution in [3.63, 3.8) is 0 Å². The van der Waals surface area contributed by atoms with Gasteiger partial charge in [-0.3, -0.25) is 4.79 Å². The molecule has 112 valence electrons. The second-order valence-corrected chi connectivity index (χ2v) is 7.73. The lowest BCUT2D eigenvalue weighted by Crippen LogP contribution is -2.48. The number of carbonyl (C=O) groups excluding carboxylic acids is 1. The average Bonchev–Trinajstić information content (AvgIpc) is 2.45. The molecule has 1 aromatic rings. The molecule has 3 heteroatoms. The molecule has 4 aliphatic rings. The number of benzene rings is 1. The normalized spacial score (nSPS) is 36.8. The standard InChI is InChI=1S/C18H21ClO2/c1-21-16-7-14(17(19)20)2-3-15(16)18-8-11-4-12(9-18)6-13(5-11)10-18/h2-3,7,11-13H,4-6,8-10H2,1H3. The molecule has 0 amide bonds. The number of halogens is 1. The fourth-order valence-electron chi connectivity index (χ4n) is 5.69. The molecule has 4 bridgehead atoms. The minimum Gasteiger partial charge on any atom is -0.496 e. The van der Waals surface area contributed by atoms with Gasteiger partial charge in [0.2, 0.25) is 0 Å². The lowest BCUT2D eigenvalue weighted by Gasteiger charge is -2.57. The molecule has 4 aliphatic carbocycles. The predicted octanol–water partition coefficient (Wildman–Crippen LogP) is 4.54. The van der Waals surface area contributed by atoms with Crippen LogP contribution in [0.3, 0.4) is 0 Å². The summed E-state index contributed by atoms with van der Waals surface area (Å²) in [5.41, 5.74) is 2.13. The van der Waals surface area contributed by atoms with Gasteiger partial charge in [-0.05, 0) is 85.4 Å². The Labute approximate surface area is 130 Å². The van der Waals surface area contributed by atoms with E-state index in [1.54, 1.807) is 7.11 Å². The van der Waals surface area contributed by atoms with Crippen molar-refractivity contribution in [1.29, 1.82) is 0 Å². The van der Waals surface area contributed by atoms with Gasteiger partial charge in [-0.25, -0.2) is 0 Å². The summed E-state index contributed by atoms with van der Waals surface area (Å²) in [7, 11) is 1.70. The van der Waals surface area contributed by atoms with Crippen molar-refractivity contribution in [3.8, 4) is 5.75 Å². The highest BCUT2D eigenvalue weighted by atomic mass is 35.5. The lowest BCUT2D eigenvalue weighted by atomic mass is 9.48. The van der Waals surface area contributed by atoms with Gasteiger partial charge >= 0.3 is 0 Å². The molecule has 0 heterocycles. The molecule has 21 heavy (non-hydrogen) atoms. The third-order valence-electron chi connectivity index (χ3n) is 6.04.